The van der Waals surface area contributed by atoms with Gasteiger partial charge in [-0.05, 0) is 24.6 Å². The summed E-state index contributed by atoms with van der Waals surface area (Å²) in [6.45, 7) is 0.350. The van der Waals surface area contributed by atoms with Crippen molar-refractivity contribution in [3.05, 3.63) is 43.0 Å². The van der Waals surface area contributed by atoms with Gasteiger partial charge in [0.2, 0.25) is 0 Å². The Morgan fingerprint density at radius 3 is 2.52 bits per heavy atom. The van der Waals surface area contributed by atoms with Crippen LogP contribution in [0.5, 0.6) is 0 Å². The van der Waals surface area contributed by atoms with E-state index in [-0.39, 0.29) is 11.2 Å². The van der Waals surface area contributed by atoms with Crippen LogP contribution in [0.15, 0.2) is 21.7 Å². The molecule has 3 atom stereocenters. The van der Waals surface area contributed by atoms with Crippen LogP contribution in [0.4, 0.5) is 0 Å². The standard InChI is InChI=1S/C16H19N4O9PS/c1-6-2-7-8(3-11(6)31)20(14-12(17-7)15(24)19-16(25)18-14)4-9(21)13(23)10(22)5-29-30(26,27)28/h2-3,9-10,13,21-23H,4-5H2,1H3,(H2,26,27,28)(H2,18,19,24,25)/t9-,10+,13-/m0/s1. The molecular weight excluding hydrogens is 455 g/mol. The fourth-order valence-corrected chi connectivity index (χ4v) is 3.51. The first-order chi connectivity index (χ1) is 14.4. The number of nitrogens with one attached hydrogen (secondary N) is 2. The van der Waals surface area contributed by atoms with Crippen molar-refractivity contribution in [1.82, 2.24) is 19.5 Å². The van der Waals surface area contributed by atoms with Crippen LogP contribution >= 0.6 is 20.0 Å². The van der Waals surface area contributed by atoms with Crippen molar-refractivity contribution in [2.45, 2.75) is 31.8 Å². The van der Waals surface area contributed by atoms with Crippen LogP contribution in [0.25, 0.3) is 22.6 Å². The highest BCUT2D eigenvalue weighted by Crippen LogP contribution is 2.36. The molecule has 0 fully saturated rings. The Morgan fingerprint density at radius 1 is 1.19 bits per heavy atom. The van der Waals surface area contributed by atoms with Crippen molar-refractivity contribution in [1.29, 1.82) is 0 Å². The van der Waals surface area contributed by atoms with Gasteiger partial charge in [0.15, 0.2) is 5.52 Å². The van der Waals surface area contributed by atoms with Gasteiger partial charge in [0.1, 0.15) is 24.0 Å². The van der Waals surface area contributed by atoms with Gasteiger partial charge in [-0.1, -0.05) is 12.2 Å². The molecule has 15 heteroatoms. The number of aryl methyl sites for hydroxylation is 1. The smallest absolute Gasteiger partial charge is 0.388 e. The number of hydrogen-bond donors (Lipinski definition) is 7. The second kappa shape index (κ2) is 8.68. The number of nitrogens with zero attached hydrogens (tertiary/aromatic N) is 2. The quantitative estimate of drug-likeness (QED) is 0.122. The van der Waals surface area contributed by atoms with Crippen LogP contribution in [-0.2, 0) is 15.6 Å². The molecule has 2 heterocycles. The van der Waals surface area contributed by atoms with E-state index < -0.39 is 50.5 Å². The van der Waals surface area contributed by atoms with Crippen LogP contribution < -0.4 is 11.2 Å². The summed E-state index contributed by atoms with van der Waals surface area (Å²) in [7, 11) is -4.90. The van der Waals surface area contributed by atoms with Crippen molar-refractivity contribution in [2.24, 2.45) is 0 Å². The Kier molecular flexibility index (Phi) is 6.55. The zero-order chi connectivity index (χ0) is 23.1. The summed E-state index contributed by atoms with van der Waals surface area (Å²) in [5.41, 5.74) is -0.461. The molecule has 1 aromatic rings. The number of hydrogen-bond acceptors (Lipinski definition) is 9. The molecular formula is C16H19N4O9PS. The molecule has 1 aliphatic carbocycles. The third-order valence-electron chi connectivity index (χ3n) is 4.54. The monoisotopic (exact) mass is 474 g/mol. The van der Waals surface area contributed by atoms with Crippen molar-refractivity contribution < 1.29 is 34.2 Å². The molecule has 0 saturated heterocycles. The molecule has 0 amide bonds. The van der Waals surface area contributed by atoms with Gasteiger partial charge >= 0.3 is 13.5 Å². The molecule has 13 nitrogen and oxygen atoms in total. The highest BCUT2D eigenvalue weighted by atomic mass is 32.1. The normalized spacial score (nSPS) is 15.3. The zero-order valence-corrected chi connectivity index (χ0v) is 17.6. The van der Waals surface area contributed by atoms with Crippen LogP contribution in [0.2, 0.25) is 0 Å². The predicted octanol–water partition coefficient (Wildman–Crippen LogP) is -1.25. The predicted molar refractivity (Wildman–Crippen MR) is 109 cm³/mol. The second-order valence-electron chi connectivity index (χ2n) is 6.85. The Morgan fingerprint density at radius 2 is 1.87 bits per heavy atom. The van der Waals surface area contributed by atoms with Crippen LogP contribution in [-0.4, -0.2) is 69.5 Å². The SMILES string of the molecule is Cc1cc2nc3c(=O)[nH]c(=O)[nH]c3n(C[C@H](O)[C@H](O)[C@H](O)COP(=O)(O)O)c-2cc1=S. The van der Waals surface area contributed by atoms with Crippen LogP contribution in [0.1, 0.15) is 5.56 Å². The molecule has 0 unspecified atom stereocenters. The van der Waals surface area contributed by atoms with Gasteiger partial charge in [-0.25, -0.2) is 14.3 Å². The van der Waals surface area contributed by atoms with E-state index in [1.807, 2.05) is 0 Å². The summed E-state index contributed by atoms with van der Waals surface area (Å²) in [6, 6.07) is 3.15. The van der Waals surface area contributed by atoms with E-state index >= 15 is 0 Å². The van der Waals surface area contributed by atoms with Crippen LogP contribution in [0.3, 0.4) is 0 Å². The minimum absolute atomic E-state index is 0.0632. The molecule has 7 N–H and O–H groups in total. The number of rotatable bonds is 7. The number of aliphatic hydroxyl groups is 3. The first-order valence-corrected chi connectivity index (χ1v) is 10.7. The minimum Gasteiger partial charge on any atom is -0.388 e. The summed E-state index contributed by atoms with van der Waals surface area (Å²) in [4.78, 5) is 50.2. The van der Waals surface area contributed by atoms with Gasteiger partial charge in [0, 0.05) is 4.51 Å². The van der Waals surface area contributed by atoms with E-state index in [2.05, 4.69) is 19.5 Å². The Labute approximate surface area is 178 Å². The van der Waals surface area contributed by atoms with E-state index in [4.69, 9.17) is 22.0 Å². The van der Waals surface area contributed by atoms with Crippen LogP contribution in [0, 0.1) is 11.4 Å². The third-order valence-corrected chi connectivity index (χ3v) is 5.46. The average Bonchev–Trinajstić information content (AvgIpc) is 2.67. The summed E-state index contributed by atoms with van der Waals surface area (Å²) in [5, 5.41) is 30.5. The zero-order valence-electron chi connectivity index (χ0n) is 15.9. The molecule has 0 spiro atoms. The van der Waals surface area contributed by atoms with Crippen molar-refractivity contribution >= 4 is 31.2 Å². The molecule has 0 radical (unpaired) electrons. The highest BCUT2D eigenvalue weighted by molar-refractivity contribution is 7.71. The van der Waals surface area contributed by atoms with Gasteiger partial charge in [-0.2, -0.15) is 0 Å². The number of phosphoric ester groups is 1. The van der Waals surface area contributed by atoms with Gasteiger partial charge in [-0.15, -0.1) is 0 Å². The summed E-state index contributed by atoms with van der Waals surface area (Å²) in [5.74, 6) is 0. The maximum absolute atomic E-state index is 12.2. The molecule has 3 rings (SSSR count). The number of aliphatic hydroxyl groups excluding tert-OH is 3. The lowest BCUT2D eigenvalue weighted by atomic mass is 10.1. The number of benzene rings is 1. The number of aromatic nitrogens is 4. The highest BCUT2D eigenvalue weighted by Gasteiger charge is 2.29. The van der Waals surface area contributed by atoms with Gasteiger partial charge in [0.05, 0.1) is 24.5 Å². The van der Waals surface area contributed by atoms with E-state index in [1.165, 1.54) is 4.57 Å². The van der Waals surface area contributed by atoms with Gasteiger partial charge in [0.25, 0.3) is 5.56 Å². The number of phosphoric acid groups is 1. The van der Waals surface area contributed by atoms with E-state index in [0.29, 0.717) is 21.5 Å². The summed E-state index contributed by atoms with van der Waals surface area (Å²) >= 11 is 5.27. The lowest BCUT2D eigenvalue weighted by molar-refractivity contribution is -0.0792. The van der Waals surface area contributed by atoms with Gasteiger partial charge < -0.3 is 29.7 Å². The maximum Gasteiger partial charge on any atom is 0.469 e. The largest absolute Gasteiger partial charge is 0.469 e. The molecule has 2 aliphatic rings. The third kappa shape index (κ3) is 5.14. The van der Waals surface area contributed by atoms with Crippen molar-refractivity contribution in [3.63, 3.8) is 0 Å². The molecule has 1 aromatic heterocycles. The van der Waals surface area contributed by atoms with E-state index in [0.717, 1.165) is 0 Å². The summed E-state index contributed by atoms with van der Waals surface area (Å²) in [6.07, 6.45) is -5.44. The lowest BCUT2D eigenvalue weighted by Gasteiger charge is -2.26. The summed E-state index contributed by atoms with van der Waals surface area (Å²) < 4.78 is 16.6. The molecule has 0 bridgehead atoms. The minimum atomic E-state index is -4.90. The van der Waals surface area contributed by atoms with E-state index in [9.17, 15) is 29.5 Å². The first-order valence-electron chi connectivity index (χ1n) is 8.79. The molecule has 0 saturated carbocycles. The first kappa shape index (κ1) is 23.4. The Hall–Kier alpha value is -2.29. The lowest BCUT2D eigenvalue weighted by Crippen LogP contribution is -2.42. The second-order valence-corrected chi connectivity index (χ2v) is 8.53. The van der Waals surface area contributed by atoms with Crippen molar-refractivity contribution in [3.8, 4) is 11.4 Å². The maximum atomic E-state index is 12.2. The molecule has 31 heavy (non-hydrogen) atoms. The Bertz CT molecular complexity index is 1310. The number of H-pyrrole nitrogens is 2. The molecule has 1 aliphatic heterocycles. The average molecular weight is 474 g/mol. The number of fused-ring (bicyclic) bond motifs is 2. The number of aromatic amines is 2. The van der Waals surface area contributed by atoms with Gasteiger partial charge in [-0.3, -0.25) is 19.3 Å². The van der Waals surface area contributed by atoms with E-state index in [1.54, 1.807) is 19.1 Å². The Balaban J connectivity index is 2.08. The molecule has 168 valence electrons. The van der Waals surface area contributed by atoms with Crippen molar-refractivity contribution in [2.75, 3.05) is 6.61 Å². The topological polar surface area (TPSA) is 211 Å². The fourth-order valence-electron chi connectivity index (χ4n) is 2.99. The fraction of sp³-hybridized carbons (Fsp3) is 0.375. The molecule has 0 aromatic carbocycles.